The second-order valence-electron chi connectivity index (χ2n) is 5.67. The quantitative estimate of drug-likeness (QED) is 0.501. The molecule has 2 N–H and O–H groups in total. The van der Waals surface area contributed by atoms with E-state index in [4.69, 9.17) is 0 Å². The Morgan fingerprint density at radius 2 is 1.95 bits per heavy atom. The molecule has 0 spiro atoms. The fraction of sp³-hybridized carbons (Fsp3) is 0.533. The topological polar surface area (TPSA) is 73.8 Å². The molecule has 2 fully saturated rings. The maximum atomic E-state index is 11.5. The molecule has 2 heterocycles. The molecule has 1 aliphatic carbocycles. The van der Waals surface area contributed by atoms with Crippen molar-refractivity contribution in [2.24, 2.45) is 5.10 Å². The zero-order valence-electron chi connectivity index (χ0n) is 12.4. The molecular formula is C15H20N4O2S. The largest absolute Gasteiger partial charge is 0.363 e. The van der Waals surface area contributed by atoms with Gasteiger partial charge in [0.05, 0.1) is 11.2 Å². The highest BCUT2D eigenvalue weighted by Gasteiger charge is 2.26. The fourth-order valence-electron chi connectivity index (χ4n) is 2.38. The summed E-state index contributed by atoms with van der Waals surface area (Å²) >= 11 is 1.64. The van der Waals surface area contributed by atoms with Crippen LogP contribution in [0.4, 0.5) is 5.00 Å². The molecule has 1 saturated carbocycles. The molecule has 0 radical (unpaired) electrons. The summed E-state index contributed by atoms with van der Waals surface area (Å²) in [5.74, 6) is -1.32. The first-order valence-electron chi connectivity index (χ1n) is 7.71. The van der Waals surface area contributed by atoms with Crippen LogP contribution in [0.2, 0.25) is 0 Å². The van der Waals surface area contributed by atoms with E-state index in [1.165, 1.54) is 24.3 Å². The number of amides is 2. The van der Waals surface area contributed by atoms with E-state index in [1.54, 1.807) is 17.6 Å². The summed E-state index contributed by atoms with van der Waals surface area (Å²) in [5.41, 5.74) is 2.26. The van der Waals surface area contributed by atoms with Gasteiger partial charge in [-0.1, -0.05) is 0 Å². The van der Waals surface area contributed by atoms with Gasteiger partial charge in [0, 0.05) is 24.0 Å². The lowest BCUT2D eigenvalue weighted by molar-refractivity contribution is -0.139. The van der Waals surface area contributed by atoms with Crippen LogP contribution in [0.15, 0.2) is 17.2 Å². The average Bonchev–Trinajstić information content (AvgIpc) is 3.23. The Kier molecular flexibility index (Phi) is 4.72. The monoisotopic (exact) mass is 320 g/mol. The number of nitrogens with one attached hydrogen (secondary N) is 2. The molecule has 1 saturated heterocycles. The second kappa shape index (κ2) is 6.91. The average molecular weight is 320 g/mol. The number of nitrogens with zero attached hydrogens (tertiary/aromatic N) is 2. The van der Waals surface area contributed by atoms with Gasteiger partial charge in [0.1, 0.15) is 0 Å². The number of piperidine rings is 1. The summed E-state index contributed by atoms with van der Waals surface area (Å²) in [6.45, 7) is 2.21. The number of anilines is 1. The molecule has 0 unspecified atom stereocenters. The number of hydrogen-bond donors (Lipinski definition) is 2. The Morgan fingerprint density at radius 3 is 2.68 bits per heavy atom. The van der Waals surface area contributed by atoms with Gasteiger partial charge in [-0.15, -0.1) is 11.3 Å². The molecule has 6 nitrogen and oxygen atoms in total. The third-order valence-corrected chi connectivity index (χ3v) is 4.84. The zero-order valence-corrected chi connectivity index (χ0v) is 13.2. The van der Waals surface area contributed by atoms with Crippen molar-refractivity contribution >= 4 is 34.4 Å². The van der Waals surface area contributed by atoms with Gasteiger partial charge in [-0.3, -0.25) is 9.59 Å². The molecule has 3 rings (SSSR count). The highest BCUT2D eigenvalue weighted by Crippen LogP contribution is 2.27. The van der Waals surface area contributed by atoms with Gasteiger partial charge < -0.3 is 10.2 Å². The number of carbonyl (C=O) groups is 2. The van der Waals surface area contributed by atoms with Crippen LogP contribution in [0.5, 0.6) is 0 Å². The predicted molar refractivity (Wildman–Crippen MR) is 87.3 cm³/mol. The van der Waals surface area contributed by atoms with Gasteiger partial charge >= 0.3 is 11.8 Å². The maximum Gasteiger partial charge on any atom is 0.329 e. The fourth-order valence-corrected chi connectivity index (χ4v) is 3.31. The van der Waals surface area contributed by atoms with Crippen LogP contribution >= 0.6 is 11.3 Å². The second-order valence-corrected chi connectivity index (χ2v) is 6.76. The van der Waals surface area contributed by atoms with Crippen LogP contribution in [0.1, 0.15) is 37.0 Å². The molecule has 22 heavy (non-hydrogen) atoms. The van der Waals surface area contributed by atoms with Crippen LogP contribution in [0, 0.1) is 0 Å². The first-order chi connectivity index (χ1) is 10.7. The number of thiophene rings is 1. The molecule has 0 bridgehead atoms. The third kappa shape index (κ3) is 4.07. The molecule has 1 aromatic heterocycles. The molecule has 0 atom stereocenters. The van der Waals surface area contributed by atoms with Crippen LogP contribution < -0.4 is 15.6 Å². The van der Waals surface area contributed by atoms with Crippen LogP contribution in [0.3, 0.4) is 0 Å². The highest BCUT2D eigenvalue weighted by atomic mass is 32.1. The van der Waals surface area contributed by atoms with Crippen molar-refractivity contribution < 1.29 is 9.59 Å². The van der Waals surface area contributed by atoms with E-state index in [0.29, 0.717) is 0 Å². The molecule has 7 heteroatoms. The lowest BCUT2D eigenvalue weighted by Gasteiger charge is -2.27. The van der Waals surface area contributed by atoms with E-state index < -0.39 is 11.8 Å². The number of hydrazone groups is 1. The van der Waals surface area contributed by atoms with Crippen molar-refractivity contribution in [2.75, 3.05) is 18.0 Å². The minimum absolute atomic E-state index is 0.173. The lowest BCUT2D eigenvalue weighted by Crippen LogP contribution is -2.38. The predicted octanol–water partition coefficient (Wildman–Crippen LogP) is 1.47. The minimum atomic E-state index is -0.712. The van der Waals surface area contributed by atoms with Crippen molar-refractivity contribution in [1.82, 2.24) is 10.7 Å². The molecular weight excluding hydrogens is 300 g/mol. The van der Waals surface area contributed by atoms with Crippen LogP contribution in [-0.2, 0) is 9.59 Å². The first kappa shape index (κ1) is 15.0. The summed E-state index contributed by atoms with van der Waals surface area (Å²) in [4.78, 5) is 26.3. The maximum absolute atomic E-state index is 11.5. The Labute approximate surface area is 133 Å². The molecule has 2 amide bonds. The molecule has 118 valence electrons. The van der Waals surface area contributed by atoms with Gasteiger partial charge in [-0.05, 0) is 44.2 Å². The Balaban J connectivity index is 1.48. The van der Waals surface area contributed by atoms with Crippen molar-refractivity contribution in [3.63, 3.8) is 0 Å². The summed E-state index contributed by atoms with van der Waals surface area (Å²) in [6, 6.07) is 4.24. The summed E-state index contributed by atoms with van der Waals surface area (Å²) < 4.78 is 0. The molecule has 2 aliphatic rings. The Hall–Kier alpha value is -1.89. The lowest BCUT2D eigenvalue weighted by atomic mass is 10.1. The van der Waals surface area contributed by atoms with E-state index in [-0.39, 0.29) is 6.04 Å². The standard InChI is InChI=1S/C15H20N4O2S/c20-14(17-11-4-5-11)15(21)18-16-10-12-6-7-13(22-12)19-8-2-1-3-9-19/h6-7,10-11H,1-5,8-9H2,(H,17,20)(H,18,21)/b16-10-. The Bertz CT molecular complexity index is 574. The van der Waals surface area contributed by atoms with E-state index >= 15 is 0 Å². The van der Waals surface area contributed by atoms with E-state index in [2.05, 4.69) is 26.8 Å². The van der Waals surface area contributed by atoms with Crippen molar-refractivity contribution in [1.29, 1.82) is 0 Å². The first-order valence-corrected chi connectivity index (χ1v) is 8.53. The number of rotatable bonds is 4. The van der Waals surface area contributed by atoms with Gasteiger partial charge in [-0.25, -0.2) is 5.43 Å². The van der Waals surface area contributed by atoms with Gasteiger partial charge in [0.25, 0.3) is 0 Å². The summed E-state index contributed by atoms with van der Waals surface area (Å²) in [7, 11) is 0. The van der Waals surface area contributed by atoms with Gasteiger partial charge in [-0.2, -0.15) is 5.10 Å². The van der Waals surface area contributed by atoms with Crippen molar-refractivity contribution in [3.05, 3.63) is 17.0 Å². The molecule has 1 aromatic rings. The van der Waals surface area contributed by atoms with Crippen LogP contribution in [0.25, 0.3) is 0 Å². The summed E-state index contributed by atoms with van der Waals surface area (Å²) in [6.07, 6.45) is 7.29. The summed E-state index contributed by atoms with van der Waals surface area (Å²) in [5, 5.41) is 7.71. The zero-order chi connectivity index (χ0) is 15.4. The number of carbonyl (C=O) groups excluding carboxylic acids is 2. The highest BCUT2D eigenvalue weighted by molar-refractivity contribution is 7.17. The SMILES string of the molecule is O=C(N/N=C\c1ccc(N2CCCCC2)s1)C(=O)NC1CC1. The third-order valence-electron chi connectivity index (χ3n) is 3.76. The normalized spacial score (nSPS) is 18.5. The van der Waals surface area contributed by atoms with E-state index in [1.807, 2.05) is 6.07 Å². The van der Waals surface area contributed by atoms with Gasteiger partial charge in [0.15, 0.2) is 0 Å². The van der Waals surface area contributed by atoms with Gasteiger partial charge in [0.2, 0.25) is 0 Å². The Morgan fingerprint density at radius 1 is 1.18 bits per heavy atom. The van der Waals surface area contributed by atoms with Crippen molar-refractivity contribution in [2.45, 2.75) is 38.1 Å². The number of hydrogen-bond acceptors (Lipinski definition) is 5. The molecule has 1 aliphatic heterocycles. The minimum Gasteiger partial charge on any atom is -0.363 e. The smallest absolute Gasteiger partial charge is 0.329 e. The van der Waals surface area contributed by atoms with E-state index in [0.717, 1.165) is 30.8 Å². The van der Waals surface area contributed by atoms with Crippen molar-refractivity contribution in [3.8, 4) is 0 Å². The molecule has 0 aromatic carbocycles. The van der Waals surface area contributed by atoms with Crippen LogP contribution in [-0.4, -0.2) is 37.2 Å². The van der Waals surface area contributed by atoms with E-state index in [9.17, 15) is 9.59 Å².